The molecular formula is C35H33N3O7S. The average molecular weight is 640 g/mol. The van der Waals surface area contributed by atoms with Crippen LogP contribution in [0.1, 0.15) is 69.4 Å². The van der Waals surface area contributed by atoms with Crippen LogP contribution in [0.4, 0.5) is 0 Å². The second-order valence-corrected chi connectivity index (χ2v) is 13.8. The minimum Gasteiger partial charge on any atom is -0.490 e. The van der Waals surface area contributed by atoms with Gasteiger partial charge in [0, 0.05) is 61.9 Å². The minimum absolute atomic E-state index is 0.0247. The number of carbonyl (C=O) groups is 3. The molecular weight excluding hydrogens is 606 g/mol. The molecule has 11 heteroatoms. The average Bonchev–Trinajstić information content (AvgIpc) is 3.93. The van der Waals surface area contributed by atoms with Gasteiger partial charge in [-0.05, 0) is 86.0 Å². The highest BCUT2D eigenvalue weighted by Crippen LogP contribution is 2.34. The number of sulfone groups is 1. The maximum atomic E-state index is 13.1. The molecule has 6 rings (SSSR count). The molecule has 46 heavy (non-hydrogen) atoms. The Morgan fingerprint density at radius 2 is 1.46 bits per heavy atom. The van der Waals surface area contributed by atoms with Gasteiger partial charge >= 0.3 is 0 Å². The third-order valence-electron chi connectivity index (χ3n) is 8.10. The van der Waals surface area contributed by atoms with Crippen molar-refractivity contribution < 1.29 is 32.3 Å². The van der Waals surface area contributed by atoms with Gasteiger partial charge in [-0.15, -0.1) is 0 Å². The van der Waals surface area contributed by atoms with Gasteiger partial charge < -0.3 is 14.4 Å². The highest BCUT2D eigenvalue weighted by Gasteiger charge is 2.36. The van der Waals surface area contributed by atoms with Gasteiger partial charge in [0.05, 0.1) is 10.1 Å². The van der Waals surface area contributed by atoms with E-state index in [4.69, 9.17) is 9.47 Å². The molecule has 0 bridgehead atoms. The summed E-state index contributed by atoms with van der Waals surface area (Å²) in [6.45, 7) is 2.49. The van der Waals surface area contributed by atoms with Gasteiger partial charge in [-0.3, -0.25) is 19.4 Å². The Balaban J connectivity index is 0.968. The lowest BCUT2D eigenvalue weighted by molar-refractivity contribution is 0.0589. The lowest BCUT2D eigenvalue weighted by Crippen LogP contribution is -2.42. The first-order valence-electron chi connectivity index (χ1n) is 15.2. The van der Waals surface area contributed by atoms with Crippen molar-refractivity contribution in [2.24, 2.45) is 0 Å². The zero-order valence-electron chi connectivity index (χ0n) is 25.3. The number of pyridine rings is 2. The normalized spacial score (nSPS) is 15.3. The molecule has 1 amide bonds. The molecule has 4 aromatic rings. The molecule has 0 atom stereocenters. The number of carbonyl (C=O) groups excluding carboxylic acids is 3. The number of Topliss-reactive ketones (excluding diaryl/α,β-unsaturated/α-hetero) is 2. The summed E-state index contributed by atoms with van der Waals surface area (Å²) in [4.78, 5) is 48.0. The van der Waals surface area contributed by atoms with E-state index < -0.39 is 9.84 Å². The van der Waals surface area contributed by atoms with Crippen molar-refractivity contribution in [3.8, 4) is 17.4 Å². The van der Waals surface area contributed by atoms with Crippen molar-refractivity contribution in [1.82, 2.24) is 14.9 Å². The molecule has 1 saturated carbocycles. The minimum atomic E-state index is -3.23. The highest BCUT2D eigenvalue weighted by atomic mass is 32.2. The van der Waals surface area contributed by atoms with Gasteiger partial charge in [-0.25, -0.2) is 13.4 Å². The molecule has 1 aliphatic carbocycles. The fraction of sp³-hybridized carbons (Fsp3) is 0.286. The van der Waals surface area contributed by atoms with Crippen LogP contribution in [0.15, 0.2) is 90.1 Å². The number of rotatable bonds is 11. The highest BCUT2D eigenvalue weighted by molar-refractivity contribution is 7.92. The van der Waals surface area contributed by atoms with Crippen LogP contribution in [0.2, 0.25) is 0 Å². The summed E-state index contributed by atoms with van der Waals surface area (Å²) in [6, 6.07) is 20.0. The quantitative estimate of drug-likeness (QED) is 0.195. The van der Waals surface area contributed by atoms with E-state index in [1.807, 2.05) is 0 Å². The zero-order chi connectivity index (χ0) is 32.3. The largest absolute Gasteiger partial charge is 0.490 e. The number of piperidine rings is 1. The standard InChI is InChI=1S/C35H33N3O7S/c1-23(39)25-3-6-28(7-4-25)45-34-15-2-24(21-37-34)20-33(40)26-5-14-32(36-22-26)35(41)38-18-16-29(17-19-38)44-27-8-10-30(11-9-27)46(42,43)31-12-13-31/h2-11,14-15,21-22,29,31H,12-13,16-20H2,1H3. The Morgan fingerprint density at radius 1 is 0.783 bits per heavy atom. The maximum Gasteiger partial charge on any atom is 0.272 e. The summed E-state index contributed by atoms with van der Waals surface area (Å²) in [6.07, 6.45) is 5.74. The first-order valence-corrected chi connectivity index (χ1v) is 16.7. The molecule has 2 aromatic heterocycles. The molecule has 0 unspecified atom stereocenters. The van der Waals surface area contributed by atoms with E-state index in [1.54, 1.807) is 83.9 Å². The summed E-state index contributed by atoms with van der Waals surface area (Å²) in [5, 5.41) is -0.249. The van der Waals surface area contributed by atoms with E-state index in [0.717, 1.165) is 12.8 Å². The Morgan fingerprint density at radius 3 is 2.04 bits per heavy atom. The van der Waals surface area contributed by atoms with E-state index in [9.17, 15) is 22.8 Å². The van der Waals surface area contributed by atoms with Gasteiger partial charge in [0.1, 0.15) is 23.3 Å². The molecule has 236 valence electrons. The van der Waals surface area contributed by atoms with Crippen LogP contribution >= 0.6 is 0 Å². The predicted molar refractivity (Wildman–Crippen MR) is 169 cm³/mol. The molecule has 0 N–H and O–H groups in total. The molecule has 1 saturated heterocycles. The number of nitrogens with zero attached hydrogens (tertiary/aromatic N) is 3. The number of hydrogen-bond donors (Lipinski definition) is 0. The fourth-order valence-electron chi connectivity index (χ4n) is 5.24. The van der Waals surface area contributed by atoms with E-state index in [2.05, 4.69) is 9.97 Å². The molecule has 3 heterocycles. The maximum absolute atomic E-state index is 13.1. The Kier molecular flexibility index (Phi) is 8.94. The molecule has 10 nitrogen and oxygen atoms in total. The van der Waals surface area contributed by atoms with E-state index in [-0.39, 0.29) is 40.9 Å². The fourth-order valence-corrected chi connectivity index (χ4v) is 6.89. The SMILES string of the molecule is CC(=O)c1ccc(Oc2ccc(CC(=O)c3ccc(C(=O)N4CCC(Oc5ccc(S(=O)(=O)C6CC6)cc5)CC4)nc3)cn2)cc1. The molecule has 2 aliphatic rings. The van der Waals surface area contributed by atoms with Gasteiger partial charge in [-0.2, -0.15) is 0 Å². The van der Waals surface area contributed by atoms with Crippen molar-refractivity contribution >= 4 is 27.3 Å². The number of ether oxygens (including phenoxy) is 2. The number of hydrogen-bond acceptors (Lipinski definition) is 9. The van der Waals surface area contributed by atoms with Crippen molar-refractivity contribution in [3.05, 3.63) is 108 Å². The van der Waals surface area contributed by atoms with Crippen molar-refractivity contribution in [2.75, 3.05) is 13.1 Å². The Labute approximate surface area is 267 Å². The lowest BCUT2D eigenvalue weighted by Gasteiger charge is -2.32. The van der Waals surface area contributed by atoms with Gasteiger partial charge in [0.25, 0.3) is 5.91 Å². The Hall–Kier alpha value is -4.90. The first kappa shape index (κ1) is 31.1. The van der Waals surface area contributed by atoms with Crippen LogP contribution in [0, 0.1) is 0 Å². The topological polar surface area (TPSA) is 133 Å². The van der Waals surface area contributed by atoms with Crippen LogP contribution in [-0.4, -0.2) is 65.2 Å². The second-order valence-electron chi connectivity index (χ2n) is 11.5. The van der Waals surface area contributed by atoms with Crippen LogP contribution in [-0.2, 0) is 16.3 Å². The molecule has 2 fully saturated rings. The van der Waals surface area contributed by atoms with E-state index >= 15 is 0 Å². The summed E-state index contributed by atoms with van der Waals surface area (Å²) in [5.41, 5.74) is 1.96. The van der Waals surface area contributed by atoms with Crippen LogP contribution in [0.3, 0.4) is 0 Å². The summed E-state index contributed by atoms with van der Waals surface area (Å²) in [5.74, 6) is 1.13. The van der Waals surface area contributed by atoms with Crippen molar-refractivity contribution in [1.29, 1.82) is 0 Å². The summed E-state index contributed by atoms with van der Waals surface area (Å²) >= 11 is 0. The van der Waals surface area contributed by atoms with Crippen LogP contribution in [0.25, 0.3) is 0 Å². The van der Waals surface area contributed by atoms with Crippen molar-refractivity contribution in [3.63, 3.8) is 0 Å². The molecule has 0 radical (unpaired) electrons. The van der Waals surface area contributed by atoms with Gasteiger partial charge in [0.15, 0.2) is 21.4 Å². The third kappa shape index (κ3) is 7.31. The number of ketones is 2. The number of amides is 1. The van der Waals surface area contributed by atoms with Crippen LogP contribution < -0.4 is 9.47 Å². The molecule has 2 aromatic carbocycles. The monoisotopic (exact) mass is 639 g/mol. The second kappa shape index (κ2) is 13.2. The van der Waals surface area contributed by atoms with Gasteiger partial charge in [0.2, 0.25) is 5.88 Å². The number of aromatic nitrogens is 2. The molecule has 0 spiro atoms. The summed E-state index contributed by atoms with van der Waals surface area (Å²) < 4.78 is 36.6. The predicted octanol–water partition coefficient (Wildman–Crippen LogP) is 5.52. The summed E-state index contributed by atoms with van der Waals surface area (Å²) in [7, 11) is -3.23. The van der Waals surface area contributed by atoms with Crippen LogP contribution in [0.5, 0.6) is 17.4 Å². The first-order chi connectivity index (χ1) is 22.2. The lowest BCUT2D eigenvalue weighted by atomic mass is 10.0. The van der Waals surface area contributed by atoms with Gasteiger partial charge in [-0.1, -0.05) is 6.07 Å². The Bertz CT molecular complexity index is 1830. The smallest absolute Gasteiger partial charge is 0.272 e. The number of likely N-dealkylation sites (tertiary alicyclic amines) is 1. The van der Waals surface area contributed by atoms with Crippen molar-refractivity contribution in [2.45, 2.75) is 55.3 Å². The zero-order valence-corrected chi connectivity index (χ0v) is 26.1. The molecule has 1 aliphatic heterocycles. The number of benzene rings is 2. The third-order valence-corrected chi connectivity index (χ3v) is 10.4. The van der Waals surface area contributed by atoms with E-state index in [0.29, 0.717) is 64.9 Å². The van der Waals surface area contributed by atoms with E-state index in [1.165, 1.54) is 13.1 Å².